The summed E-state index contributed by atoms with van der Waals surface area (Å²) in [4.78, 5) is 39.8. The second-order valence-electron chi connectivity index (χ2n) is 9.69. The Morgan fingerprint density at radius 1 is 1.05 bits per heavy atom. The number of carbonyl (C=O) groups excluding carboxylic acids is 3. The molecular formula is C26H32N4O10. The molecule has 1 atom stereocenters. The summed E-state index contributed by atoms with van der Waals surface area (Å²) in [7, 11) is 1.11. The van der Waals surface area contributed by atoms with E-state index in [9.17, 15) is 45.0 Å². The molecule has 2 aliphatic rings. The Labute approximate surface area is 229 Å². The Hall–Kier alpha value is -3.47. The van der Waals surface area contributed by atoms with E-state index in [-0.39, 0.29) is 22.4 Å². The molecule has 1 saturated heterocycles. The first-order valence-electron chi connectivity index (χ1n) is 12.5. The Balaban J connectivity index is 1.66. The summed E-state index contributed by atoms with van der Waals surface area (Å²) in [6.45, 7) is 2.40. The third-order valence-corrected chi connectivity index (χ3v) is 7.09. The molecule has 0 bridgehead atoms. The number of hydrogen-bond donors (Lipinski definition) is 8. The molecule has 2 heterocycles. The number of likely N-dealkylation sites (N-methyl/N-ethyl adjacent to an activating group) is 1. The second-order valence-corrected chi connectivity index (χ2v) is 9.69. The summed E-state index contributed by atoms with van der Waals surface area (Å²) >= 11 is 0. The van der Waals surface area contributed by atoms with Gasteiger partial charge in [-0.15, -0.1) is 0 Å². The molecule has 2 amide bonds. The maximum atomic E-state index is 13.3. The Bertz CT molecular complexity index is 1280. The minimum absolute atomic E-state index is 0.0281. The molecule has 1 fully saturated rings. The summed E-state index contributed by atoms with van der Waals surface area (Å²) < 4.78 is 5.37. The van der Waals surface area contributed by atoms with Crippen molar-refractivity contribution in [3.8, 4) is 0 Å². The molecule has 8 N–H and O–H groups in total. The Kier molecular flexibility index (Phi) is 8.26. The number of nitrogens with zero attached hydrogens (tertiary/aromatic N) is 2. The highest BCUT2D eigenvalue weighted by Crippen LogP contribution is 2.36. The largest absolute Gasteiger partial charge is 0.379 e. The molecule has 14 nitrogen and oxygen atoms in total. The van der Waals surface area contributed by atoms with Gasteiger partial charge in [-0.2, -0.15) is 0 Å². The number of aldehydes is 1. The lowest BCUT2D eigenvalue weighted by Gasteiger charge is -2.40. The normalized spacial score (nSPS) is 17.4. The number of ether oxygens (including phenoxy) is 1. The number of amides is 2. The van der Waals surface area contributed by atoms with Gasteiger partial charge in [-0.1, -0.05) is 30.3 Å². The van der Waals surface area contributed by atoms with E-state index in [1.165, 1.54) is 18.2 Å². The van der Waals surface area contributed by atoms with Crippen molar-refractivity contribution in [1.29, 1.82) is 0 Å². The third kappa shape index (κ3) is 5.43. The number of benzene rings is 2. The molecule has 0 aliphatic carbocycles. The van der Waals surface area contributed by atoms with Crippen LogP contribution in [-0.2, 0) is 33.3 Å². The molecule has 0 radical (unpaired) electrons. The zero-order valence-corrected chi connectivity index (χ0v) is 21.6. The molecule has 0 saturated carbocycles. The quantitative estimate of drug-likeness (QED) is 0.111. The average molecular weight is 561 g/mol. The minimum atomic E-state index is -3.81. The average Bonchev–Trinajstić information content (AvgIpc) is 3.25. The topological polar surface area (TPSA) is 212 Å². The van der Waals surface area contributed by atoms with E-state index >= 15 is 0 Å². The lowest BCUT2D eigenvalue weighted by molar-refractivity contribution is -0.345. The molecule has 2 aromatic carbocycles. The SMILES string of the molecule is CNC(=O)C(N1Cc2c(NC(O)(O)c3ccccc3CN3CCOCC3)cccc2C1=O)C(O)(O)C(O)(O)C=O. The summed E-state index contributed by atoms with van der Waals surface area (Å²) in [5, 5.41) is 67.8. The zero-order chi connectivity index (χ0) is 29.3. The molecule has 0 aromatic heterocycles. The molecule has 2 aromatic rings. The van der Waals surface area contributed by atoms with Crippen LogP contribution in [0.2, 0.25) is 0 Å². The highest BCUT2D eigenvalue weighted by molar-refractivity contribution is 6.03. The van der Waals surface area contributed by atoms with Gasteiger partial charge in [0.05, 0.1) is 13.2 Å². The van der Waals surface area contributed by atoms with Crippen LogP contribution in [0.5, 0.6) is 0 Å². The zero-order valence-electron chi connectivity index (χ0n) is 21.6. The first-order chi connectivity index (χ1) is 18.8. The van der Waals surface area contributed by atoms with Crippen LogP contribution in [0.25, 0.3) is 0 Å². The maximum Gasteiger partial charge on any atom is 0.279 e. The number of anilines is 1. The number of morpholine rings is 1. The predicted octanol–water partition coefficient (Wildman–Crippen LogP) is -2.64. The van der Waals surface area contributed by atoms with E-state index in [4.69, 9.17) is 4.74 Å². The van der Waals surface area contributed by atoms with Gasteiger partial charge in [0.15, 0.2) is 12.3 Å². The first-order valence-corrected chi connectivity index (χ1v) is 12.5. The van der Waals surface area contributed by atoms with Crippen molar-refractivity contribution in [1.82, 2.24) is 15.1 Å². The van der Waals surface area contributed by atoms with Gasteiger partial charge in [0, 0.05) is 55.6 Å². The molecule has 4 rings (SSSR count). The van der Waals surface area contributed by atoms with Crippen LogP contribution in [0.15, 0.2) is 42.5 Å². The Morgan fingerprint density at radius 2 is 1.73 bits per heavy atom. The van der Waals surface area contributed by atoms with Gasteiger partial charge in [-0.25, -0.2) is 0 Å². The molecule has 2 aliphatic heterocycles. The van der Waals surface area contributed by atoms with Gasteiger partial charge in [0.1, 0.15) is 0 Å². The monoisotopic (exact) mass is 560 g/mol. The van der Waals surface area contributed by atoms with Crippen LogP contribution in [-0.4, -0.2) is 110 Å². The van der Waals surface area contributed by atoms with E-state index in [0.717, 1.165) is 7.05 Å². The number of nitrogens with one attached hydrogen (secondary N) is 2. The van der Waals surface area contributed by atoms with Crippen molar-refractivity contribution < 1.29 is 49.8 Å². The summed E-state index contributed by atoms with van der Waals surface area (Å²) in [6.07, 6.45) is -0.580. The number of hydrogen-bond acceptors (Lipinski definition) is 12. The number of fused-ring (bicyclic) bond motifs is 1. The predicted molar refractivity (Wildman–Crippen MR) is 137 cm³/mol. The van der Waals surface area contributed by atoms with Gasteiger partial charge in [0.25, 0.3) is 23.4 Å². The molecule has 216 valence electrons. The fraction of sp³-hybridized carbons (Fsp3) is 0.423. The van der Waals surface area contributed by atoms with Crippen LogP contribution in [0.4, 0.5) is 5.69 Å². The smallest absolute Gasteiger partial charge is 0.279 e. The third-order valence-electron chi connectivity index (χ3n) is 7.09. The molecular weight excluding hydrogens is 528 g/mol. The van der Waals surface area contributed by atoms with Gasteiger partial charge in [0.2, 0.25) is 5.91 Å². The van der Waals surface area contributed by atoms with Gasteiger partial charge >= 0.3 is 0 Å². The number of rotatable bonds is 10. The number of carbonyl (C=O) groups is 3. The fourth-order valence-corrected chi connectivity index (χ4v) is 4.90. The van der Waals surface area contributed by atoms with Crippen LogP contribution in [0, 0.1) is 0 Å². The van der Waals surface area contributed by atoms with Gasteiger partial charge in [-0.3, -0.25) is 19.3 Å². The first kappa shape index (κ1) is 29.5. The highest BCUT2D eigenvalue weighted by atomic mass is 16.6. The molecule has 1 unspecified atom stereocenters. The van der Waals surface area contributed by atoms with Crippen molar-refractivity contribution in [2.24, 2.45) is 0 Å². The van der Waals surface area contributed by atoms with Crippen LogP contribution in [0.3, 0.4) is 0 Å². The van der Waals surface area contributed by atoms with Gasteiger partial charge in [-0.05, 0) is 17.7 Å². The summed E-state index contributed by atoms with van der Waals surface area (Å²) in [6, 6.07) is 8.62. The van der Waals surface area contributed by atoms with E-state index in [1.54, 1.807) is 24.3 Å². The summed E-state index contributed by atoms with van der Waals surface area (Å²) in [5.41, 5.74) is 0.992. The van der Waals surface area contributed by atoms with E-state index in [1.807, 2.05) is 0 Å². The van der Waals surface area contributed by atoms with Crippen LogP contribution >= 0.6 is 0 Å². The molecule has 0 spiro atoms. The highest BCUT2D eigenvalue weighted by Gasteiger charge is 2.60. The van der Waals surface area contributed by atoms with Crippen molar-refractivity contribution in [3.63, 3.8) is 0 Å². The molecule has 40 heavy (non-hydrogen) atoms. The van der Waals surface area contributed by atoms with E-state index < -0.39 is 48.2 Å². The van der Waals surface area contributed by atoms with Crippen molar-refractivity contribution in [2.45, 2.75) is 36.6 Å². The van der Waals surface area contributed by atoms with Crippen LogP contribution in [0.1, 0.15) is 27.0 Å². The van der Waals surface area contributed by atoms with Gasteiger partial charge < -0.3 is 50.9 Å². The van der Waals surface area contributed by atoms with Crippen LogP contribution < -0.4 is 10.6 Å². The van der Waals surface area contributed by atoms with E-state index in [2.05, 4.69) is 15.5 Å². The van der Waals surface area contributed by atoms with Crippen molar-refractivity contribution in [2.75, 3.05) is 38.7 Å². The lowest BCUT2D eigenvalue weighted by Crippen LogP contribution is -2.70. The van der Waals surface area contributed by atoms with Crippen molar-refractivity contribution in [3.05, 3.63) is 64.7 Å². The second kappa shape index (κ2) is 11.2. The Morgan fingerprint density at radius 3 is 2.38 bits per heavy atom. The lowest BCUT2D eigenvalue weighted by atomic mass is 9.96. The molecule has 14 heteroatoms. The minimum Gasteiger partial charge on any atom is -0.379 e. The fourth-order valence-electron chi connectivity index (χ4n) is 4.90. The standard InChI is InChI=1S/C26H32N4O10/c1-27-22(32)21(25(36,37)24(34,35)15-31)30-14-18-17(23(30)33)6-4-8-20(18)28-26(38,39)19-7-3-2-5-16(19)13-29-9-11-40-12-10-29/h2-8,15,21,28,34-39H,9-14H2,1H3,(H,27,32). The van der Waals surface area contributed by atoms with E-state index in [0.29, 0.717) is 43.3 Å². The maximum absolute atomic E-state index is 13.3. The number of aliphatic hydroxyl groups is 6. The van der Waals surface area contributed by atoms with Crippen molar-refractivity contribution >= 4 is 23.8 Å². The summed E-state index contributed by atoms with van der Waals surface area (Å²) in [5.74, 6) is -12.3.